The van der Waals surface area contributed by atoms with E-state index in [0.29, 0.717) is 27.9 Å². The first-order chi connectivity index (χ1) is 16.5. The lowest BCUT2D eigenvalue weighted by molar-refractivity contribution is -0.157. The summed E-state index contributed by atoms with van der Waals surface area (Å²) in [5.74, 6) is 1.10. The number of methoxy groups -OCH3 is 2. The van der Waals surface area contributed by atoms with Crippen molar-refractivity contribution in [3.05, 3.63) is 46.6 Å². The fraction of sp³-hybridized carbons (Fsp3) is 0.385. The summed E-state index contributed by atoms with van der Waals surface area (Å²) in [7, 11) is 2.95. The van der Waals surface area contributed by atoms with Crippen molar-refractivity contribution in [1.82, 2.24) is 0 Å². The summed E-state index contributed by atoms with van der Waals surface area (Å²) in [6.45, 7) is 8.99. The Balaban J connectivity index is 1.83. The summed E-state index contributed by atoms with van der Waals surface area (Å²) < 4.78 is 33.5. The molecule has 3 rings (SSSR count). The number of fused-ring (bicyclic) bond motifs is 1. The predicted molar refractivity (Wildman–Crippen MR) is 133 cm³/mol. The maximum atomic E-state index is 13.0. The van der Waals surface area contributed by atoms with Gasteiger partial charge in [0.25, 0.3) is 0 Å². The van der Waals surface area contributed by atoms with Gasteiger partial charge in [-0.1, -0.05) is 11.8 Å². The topological polar surface area (TPSA) is 93.4 Å². The molecule has 1 aromatic heterocycles. The molecular formula is C26H30O8S. The second kappa shape index (κ2) is 10.9. The summed E-state index contributed by atoms with van der Waals surface area (Å²) in [6, 6.07) is 10.1. The third-order valence-electron chi connectivity index (χ3n) is 4.46. The number of benzene rings is 2. The highest BCUT2D eigenvalue weighted by Crippen LogP contribution is 2.43. The zero-order valence-corrected chi connectivity index (χ0v) is 21.7. The van der Waals surface area contributed by atoms with Crippen LogP contribution in [0.3, 0.4) is 0 Å². The first-order valence-electron chi connectivity index (χ1n) is 11.0. The van der Waals surface area contributed by atoms with E-state index in [1.807, 2.05) is 13.8 Å². The Kier molecular flexibility index (Phi) is 8.22. The van der Waals surface area contributed by atoms with E-state index in [1.54, 1.807) is 51.1 Å². The van der Waals surface area contributed by atoms with E-state index in [4.69, 9.17) is 28.1 Å². The van der Waals surface area contributed by atoms with Gasteiger partial charge in [-0.15, -0.1) is 0 Å². The molecule has 0 atom stereocenters. The van der Waals surface area contributed by atoms with Crippen molar-refractivity contribution in [2.75, 3.05) is 20.8 Å². The van der Waals surface area contributed by atoms with Crippen molar-refractivity contribution in [2.45, 2.75) is 56.3 Å². The number of hydrogen-bond acceptors (Lipinski definition) is 9. The normalized spacial score (nSPS) is 11.4. The summed E-state index contributed by atoms with van der Waals surface area (Å²) in [5, 5.41) is 0.670. The first-order valence-corrected chi connectivity index (χ1v) is 11.8. The molecule has 0 aliphatic rings. The summed E-state index contributed by atoms with van der Waals surface area (Å²) in [4.78, 5) is 25.6. The Morgan fingerprint density at radius 1 is 1.03 bits per heavy atom. The fourth-order valence-electron chi connectivity index (χ4n) is 3.24. The molecule has 0 saturated carbocycles. The highest BCUT2D eigenvalue weighted by Gasteiger charge is 2.22. The van der Waals surface area contributed by atoms with E-state index in [9.17, 15) is 9.59 Å². The van der Waals surface area contributed by atoms with Crippen LogP contribution >= 0.6 is 11.8 Å². The molecule has 0 aliphatic heterocycles. The lowest BCUT2D eigenvalue weighted by Gasteiger charge is -2.19. The van der Waals surface area contributed by atoms with Crippen molar-refractivity contribution in [1.29, 1.82) is 0 Å². The van der Waals surface area contributed by atoms with Crippen LogP contribution in [-0.4, -0.2) is 38.5 Å². The Morgan fingerprint density at radius 2 is 1.69 bits per heavy atom. The Labute approximate surface area is 208 Å². The average molecular weight is 503 g/mol. The van der Waals surface area contributed by atoms with Crippen molar-refractivity contribution in [3.8, 4) is 23.0 Å². The molecule has 0 bridgehead atoms. The summed E-state index contributed by atoms with van der Waals surface area (Å²) >= 11 is 1.27. The van der Waals surface area contributed by atoms with Gasteiger partial charge in [0.2, 0.25) is 5.75 Å². The lowest BCUT2D eigenvalue weighted by Crippen LogP contribution is -2.27. The molecule has 0 aliphatic carbocycles. The smallest absolute Gasteiger partial charge is 0.344 e. The van der Waals surface area contributed by atoms with E-state index in [2.05, 4.69) is 0 Å². The van der Waals surface area contributed by atoms with Crippen molar-refractivity contribution in [2.24, 2.45) is 0 Å². The van der Waals surface area contributed by atoms with E-state index in [-0.39, 0.29) is 29.3 Å². The van der Waals surface area contributed by atoms with Gasteiger partial charge in [-0.2, -0.15) is 0 Å². The van der Waals surface area contributed by atoms with Crippen LogP contribution in [0, 0.1) is 0 Å². The summed E-state index contributed by atoms with van der Waals surface area (Å²) in [5.41, 5.74) is -0.510. The van der Waals surface area contributed by atoms with Gasteiger partial charge in [0.15, 0.2) is 28.6 Å². The summed E-state index contributed by atoms with van der Waals surface area (Å²) in [6.07, 6.45) is -0.119. The van der Waals surface area contributed by atoms with Crippen LogP contribution < -0.4 is 24.4 Å². The van der Waals surface area contributed by atoms with E-state index >= 15 is 0 Å². The highest BCUT2D eigenvalue weighted by atomic mass is 32.2. The van der Waals surface area contributed by atoms with E-state index in [1.165, 1.54) is 32.0 Å². The van der Waals surface area contributed by atoms with Crippen LogP contribution in [0.15, 0.2) is 55.6 Å². The van der Waals surface area contributed by atoms with Gasteiger partial charge >= 0.3 is 5.97 Å². The number of esters is 1. The van der Waals surface area contributed by atoms with Gasteiger partial charge in [0.1, 0.15) is 22.3 Å². The number of ether oxygens (including phenoxy) is 5. The van der Waals surface area contributed by atoms with Gasteiger partial charge in [-0.25, -0.2) is 4.79 Å². The van der Waals surface area contributed by atoms with Crippen molar-refractivity contribution in [3.63, 3.8) is 0 Å². The first kappa shape index (κ1) is 26.3. The number of rotatable bonds is 9. The molecule has 0 unspecified atom stereocenters. The molecule has 188 valence electrons. The number of hydrogen-bond donors (Lipinski definition) is 0. The standard InChI is InChI=1S/C26H30O8S/c1-15(2)32-20-13-19-23(25(30-7)24(20)29-6)18(27)12-22(33-19)35-17-10-8-16(9-11-17)31-14-21(28)34-26(3,4)5/h8-13,15H,14H2,1-7H3. The van der Waals surface area contributed by atoms with E-state index < -0.39 is 11.6 Å². The van der Waals surface area contributed by atoms with Gasteiger partial charge in [-0.3, -0.25) is 4.79 Å². The molecule has 2 aromatic carbocycles. The zero-order valence-electron chi connectivity index (χ0n) is 20.9. The zero-order chi connectivity index (χ0) is 25.8. The van der Waals surface area contributed by atoms with Crippen LogP contribution in [0.2, 0.25) is 0 Å². The second-order valence-corrected chi connectivity index (χ2v) is 9.94. The molecule has 35 heavy (non-hydrogen) atoms. The molecule has 0 saturated heterocycles. The lowest BCUT2D eigenvalue weighted by atomic mass is 10.1. The van der Waals surface area contributed by atoms with Gasteiger partial charge < -0.3 is 28.1 Å². The average Bonchev–Trinajstić information content (AvgIpc) is 2.76. The molecular weight excluding hydrogens is 472 g/mol. The molecule has 3 aromatic rings. The van der Waals surface area contributed by atoms with Crippen LogP contribution in [0.25, 0.3) is 11.0 Å². The van der Waals surface area contributed by atoms with Crippen molar-refractivity contribution >= 4 is 28.7 Å². The maximum absolute atomic E-state index is 13.0. The fourth-order valence-corrected chi connectivity index (χ4v) is 4.04. The van der Waals surface area contributed by atoms with Crippen LogP contribution in [0.5, 0.6) is 23.0 Å². The molecule has 0 spiro atoms. The highest BCUT2D eigenvalue weighted by molar-refractivity contribution is 7.99. The van der Waals surface area contributed by atoms with Gasteiger partial charge in [0.05, 0.1) is 20.3 Å². The van der Waals surface area contributed by atoms with Crippen LogP contribution in [0.4, 0.5) is 0 Å². The third kappa shape index (κ3) is 6.85. The Morgan fingerprint density at radius 3 is 2.26 bits per heavy atom. The minimum Gasteiger partial charge on any atom is -0.492 e. The largest absolute Gasteiger partial charge is 0.492 e. The quantitative estimate of drug-likeness (QED) is 0.353. The van der Waals surface area contributed by atoms with Crippen molar-refractivity contribution < 1.29 is 32.9 Å². The van der Waals surface area contributed by atoms with E-state index in [0.717, 1.165) is 4.90 Å². The Bertz CT molecular complexity index is 1240. The Hall–Kier alpha value is -3.33. The molecule has 0 radical (unpaired) electrons. The SMILES string of the molecule is COc1c(OC(C)C)cc2oc(Sc3ccc(OCC(=O)OC(C)(C)C)cc3)cc(=O)c2c1OC. The number of carbonyl (C=O) groups is 1. The molecule has 0 fully saturated rings. The van der Waals surface area contributed by atoms with Gasteiger partial charge in [0, 0.05) is 17.0 Å². The van der Waals surface area contributed by atoms with Gasteiger partial charge in [-0.05, 0) is 58.9 Å². The second-order valence-electron chi connectivity index (χ2n) is 8.86. The maximum Gasteiger partial charge on any atom is 0.344 e. The molecule has 1 heterocycles. The number of carbonyl (C=O) groups excluding carboxylic acids is 1. The minimum atomic E-state index is -0.568. The molecule has 8 nitrogen and oxygen atoms in total. The third-order valence-corrected chi connectivity index (χ3v) is 5.37. The molecule has 0 amide bonds. The van der Waals surface area contributed by atoms with Crippen LogP contribution in [0.1, 0.15) is 34.6 Å². The monoisotopic (exact) mass is 502 g/mol. The molecule has 9 heteroatoms. The van der Waals surface area contributed by atoms with Crippen LogP contribution in [-0.2, 0) is 9.53 Å². The predicted octanol–water partition coefficient (Wildman–Crippen LogP) is 5.47. The minimum absolute atomic E-state index is 0.119. The molecule has 0 N–H and O–H groups in total.